The molecule has 0 aromatic carbocycles. The van der Waals surface area contributed by atoms with Gasteiger partial charge in [0.2, 0.25) is 0 Å². The first-order chi connectivity index (χ1) is 4.20. The zero-order valence-electron chi connectivity index (χ0n) is 4.52. The first-order valence-electron chi connectivity index (χ1n) is 2.34. The molecule has 0 saturated carbocycles. The van der Waals surface area contributed by atoms with Crippen LogP contribution in [0.4, 0.5) is 5.69 Å². The number of nitrogens with two attached hydrogens (primary N) is 1. The summed E-state index contributed by atoms with van der Waals surface area (Å²) in [5.41, 5.74) is 5.02. The number of pyridine rings is 1. The molecule has 4 heteroatoms. The lowest BCUT2D eigenvalue weighted by atomic mass is 10.4. The highest BCUT2D eigenvalue weighted by Gasteiger charge is 1.91. The van der Waals surface area contributed by atoms with Crippen molar-refractivity contribution in [2.75, 3.05) is 5.73 Å². The summed E-state index contributed by atoms with van der Waals surface area (Å²) in [5, 5.41) is 0.300. The summed E-state index contributed by atoms with van der Waals surface area (Å²) < 4.78 is 0. The van der Waals surface area contributed by atoms with Crippen LogP contribution in [0.2, 0.25) is 5.15 Å². The maximum Gasteiger partial charge on any atom is 0.272 e. The molecule has 0 unspecified atom stereocenters. The van der Waals surface area contributed by atoms with Gasteiger partial charge < -0.3 is 10.7 Å². The number of nitrogens with one attached hydrogen (secondary N) is 1. The van der Waals surface area contributed by atoms with E-state index < -0.39 is 0 Å². The predicted molar refractivity (Wildman–Crippen MR) is 36.5 cm³/mol. The molecule has 0 bridgehead atoms. The fourth-order valence-electron chi connectivity index (χ4n) is 0.461. The predicted octanol–water partition coefficient (Wildman–Crippen LogP) is 0.611. The third-order valence-electron chi connectivity index (χ3n) is 0.904. The molecule has 1 rings (SSSR count). The van der Waals surface area contributed by atoms with Gasteiger partial charge in [0.05, 0.1) is 5.69 Å². The summed E-state index contributed by atoms with van der Waals surface area (Å²) in [7, 11) is 0. The molecule has 0 aliphatic heterocycles. The van der Waals surface area contributed by atoms with E-state index in [4.69, 9.17) is 17.3 Å². The van der Waals surface area contributed by atoms with E-state index in [0.717, 1.165) is 0 Å². The van der Waals surface area contributed by atoms with E-state index in [1.807, 2.05) is 0 Å². The first kappa shape index (κ1) is 6.16. The second-order valence-electron chi connectivity index (χ2n) is 1.59. The van der Waals surface area contributed by atoms with Gasteiger partial charge in [-0.1, -0.05) is 11.6 Å². The van der Waals surface area contributed by atoms with Crippen LogP contribution in [0.3, 0.4) is 0 Å². The van der Waals surface area contributed by atoms with Gasteiger partial charge in [-0.2, -0.15) is 0 Å². The monoisotopic (exact) mass is 144 g/mol. The number of aromatic amines is 1. The highest BCUT2D eigenvalue weighted by Crippen LogP contribution is 2.00. The average Bonchev–Trinajstić information content (AvgIpc) is 1.80. The zero-order valence-corrected chi connectivity index (χ0v) is 5.27. The smallest absolute Gasteiger partial charge is 0.272 e. The number of H-pyrrole nitrogens is 1. The van der Waals surface area contributed by atoms with Gasteiger partial charge in [0, 0.05) is 0 Å². The maximum absolute atomic E-state index is 10.6. The van der Waals surface area contributed by atoms with E-state index in [1.54, 1.807) is 0 Å². The normalized spacial score (nSPS) is 9.44. The molecular formula is C5H5ClN2O. The van der Waals surface area contributed by atoms with Gasteiger partial charge in [0.15, 0.2) is 0 Å². The lowest BCUT2D eigenvalue weighted by Gasteiger charge is -1.89. The Hall–Kier alpha value is -0.960. The molecular weight excluding hydrogens is 140 g/mol. The van der Waals surface area contributed by atoms with Gasteiger partial charge in [0.25, 0.3) is 5.56 Å². The molecule has 9 heavy (non-hydrogen) atoms. The summed E-state index contributed by atoms with van der Waals surface area (Å²) in [6, 6.07) is 2.99. The van der Waals surface area contributed by atoms with E-state index in [2.05, 4.69) is 4.98 Å². The van der Waals surface area contributed by atoms with Crippen LogP contribution in [-0.2, 0) is 0 Å². The lowest BCUT2D eigenvalue weighted by molar-refractivity contribution is 1.24. The SMILES string of the molecule is Nc1ccc(Cl)[nH]c1=O. The summed E-state index contributed by atoms with van der Waals surface area (Å²) in [6.45, 7) is 0. The van der Waals surface area contributed by atoms with Gasteiger partial charge >= 0.3 is 0 Å². The van der Waals surface area contributed by atoms with Gasteiger partial charge in [-0.3, -0.25) is 4.79 Å². The number of hydrogen-bond donors (Lipinski definition) is 2. The number of halogens is 1. The molecule has 3 nitrogen and oxygen atoms in total. The molecule has 0 radical (unpaired) electrons. The highest BCUT2D eigenvalue weighted by molar-refractivity contribution is 6.29. The van der Waals surface area contributed by atoms with Crippen LogP contribution in [-0.4, -0.2) is 4.98 Å². The number of aromatic nitrogens is 1. The first-order valence-corrected chi connectivity index (χ1v) is 2.72. The third kappa shape index (κ3) is 1.23. The van der Waals surface area contributed by atoms with Crippen LogP contribution in [0.1, 0.15) is 0 Å². The topological polar surface area (TPSA) is 58.9 Å². The lowest BCUT2D eigenvalue weighted by Crippen LogP contribution is -2.10. The number of rotatable bonds is 0. The molecule has 0 aliphatic rings. The Bertz CT molecular complexity index is 268. The van der Waals surface area contributed by atoms with E-state index >= 15 is 0 Å². The average molecular weight is 145 g/mol. The molecule has 0 aliphatic carbocycles. The van der Waals surface area contributed by atoms with Crippen molar-refractivity contribution in [3.05, 3.63) is 27.6 Å². The minimum Gasteiger partial charge on any atom is -0.394 e. The molecule has 0 saturated heterocycles. The third-order valence-corrected chi connectivity index (χ3v) is 1.12. The summed E-state index contributed by atoms with van der Waals surface area (Å²) >= 11 is 5.41. The number of hydrogen-bond acceptors (Lipinski definition) is 2. The van der Waals surface area contributed by atoms with Crippen molar-refractivity contribution in [2.24, 2.45) is 0 Å². The van der Waals surface area contributed by atoms with Crippen molar-refractivity contribution >= 4 is 17.3 Å². The van der Waals surface area contributed by atoms with E-state index in [9.17, 15) is 4.79 Å². The van der Waals surface area contributed by atoms with Crippen LogP contribution in [0.5, 0.6) is 0 Å². The van der Waals surface area contributed by atoms with Crippen molar-refractivity contribution < 1.29 is 0 Å². The summed E-state index contributed by atoms with van der Waals surface area (Å²) in [5.74, 6) is 0. The standard InChI is InChI=1S/C5H5ClN2O/c6-4-2-1-3(7)5(9)8-4/h1-2H,7H2,(H,8,9). The summed E-state index contributed by atoms with van der Waals surface area (Å²) in [6.07, 6.45) is 0. The Morgan fingerprint density at radius 2 is 2.22 bits per heavy atom. The van der Waals surface area contributed by atoms with Crippen molar-refractivity contribution in [1.82, 2.24) is 4.98 Å². The van der Waals surface area contributed by atoms with Crippen molar-refractivity contribution in [1.29, 1.82) is 0 Å². The van der Waals surface area contributed by atoms with Crippen LogP contribution in [0.15, 0.2) is 16.9 Å². The molecule has 0 spiro atoms. The van der Waals surface area contributed by atoms with Crippen LogP contribution < -0.4 is 11.3 Å². The molecule has 3 N–H and O–H groups in total. The van der Waals surface area contributed by atoms with Gasteiger partial charge in [-0.05, 0) is 12.1 Å². The quantitative estimate of drug-likeness (QED) is 0.524. The van der Waals surface area contributed by atoms with Gasteiger partial charge in [0.1, 0.15) is 5.15 Å². The largest absolute Gasteiger partial charge is 0.394 e. The fraction of sp³-hybridized carbons (Fsp3) is 0. The number of anilines is 1. The second kappa shape index (κ2) is 2.11. The highest BCUT2D eigenvalue weighted by atomic mass is 35.5. The van der Waals surface area contributed by atoms with E-state index in [-0.39, 0.29) is 11.2 Å². The Kier molecular flexibility index (Phi) is 1.44. The molecule has 1 aromatic heterocycles. The van der Waals surface area contributed by atoms with Crippen LogP contribution in [0.25, 0.3) is 0 Å². The van der Waals surface area contributed by atoms with Crippen LogP contribution >= 0.6 is 11.6 Å². The molecule has 1 heterocycles. The Morgan fingerprint density at radius 3 is 2.67 bits per heavy atom. The minimum atomic E-state index is -0.345. The zero-order chi connectivity index (χ0) is 6.85. The minimum absolute atomic E-state index is 0.180. The van der Waals surface area contributed by atoms with E-state index in [0.29, 0.717) is 5.15 Å². The number of nitrogen functional groups attached to an aromatic ring is 1. The second-order valence-corrected chi connectivity index (χ2v) is 2.00. The maximum atomic E-state index is 10.6. The fourth-order valence-corrected chi connectivity index (χ4v) is 0.610. The molecule has 48 valence electrons. The molecule has 1 aromatic rings. The Balaban J connectivity index is 3.34. The van der Waals surface area contributed by atoms with Crippen molar-refractivity contribution in [3.63, 3.8) is 0 Å². The molecule has 0 amide bonds. The van der Waals surface area contributed by atoms with Crippen molar-refractivity contribution in [3.8, 4) is 0 Å². The summed E-state index contributed by atoms with van der Waals surface area (Å²) in [4.78, 5) is 12.9. The van der Waals surface area contributed by atoms with E-state index in [1.165, 1.54) is 12.1 Å². The Morgan fingerprint density at radius 1 is 1.56 bits per heavy atom. The van der Waals surface area contributed by atoms with Gasteiger partial charge in [-0.15, -0.1) is 0 Å². The van der Waals surface area contributed by atoms with Crippen molar-refractivity contribution in [2.45, 2.75) is 0 Å². The van der Waals surface area contributed by atoms with Crippen LogP contribution in [0, 0.1) is 0 Å². The molecule has 0 fully saturated rings. The molecule has 0 atom stereocenters. The van der Waals surface area contributed by atoms with Gasteiger partial charge in [-0.25, -0.2) is 0 Å². The Labute approximate surface area is 56.5 Å².